The lowest BCUT2D eigenvalue weighted by Gasteiger charge is -2.21. The standard InChI is InChI=1S/C13H16N2O2/c1-8-4-3-5-11(12(8)16)15-13(17)9(2)10-6-14-7-10/h3-5,14,16H,6-7H2,1-2H3,(H,15,17). The van der Waals surface area contributed by atoms with Gasteiger partial charge in [-0.1, -0.05) is 12.1 Å². The number of carbonyl (C=O) groups excluding carboxylic acids is 1. The van der Waals surface area contributed by atoms with Crippen molar-refractivity contribution in [2.24, 2.45) is 0 Å². The molecule has 1 fully saturated rings. The van der Waals surface area contributed by atoms with Gasteiger partial charge in [-0.15, -0.1) is 0 Å². The number of aryl methyl sites for hydroxylation is 1. The van der Waals surface area contributed by atoms with Gasteiger partial charge in [0.05, 0.1) is 5.69 Å². The molecule has 4 heteroatoms. The van der Waals surface area contributed by atoms with Crippen LogP contribution in [0.5, 0.6) is 5.75 Å². The average Bonchev–Trinajstić information content (AvgIpc) is 2.22. The van der Waals surface area contributed by atoms with Gasteiger partial charge in [0, 0.05) is 18.7 Å². The number of carbonyl (C=O) groups is 1. The SMILES string of the molecule is CC(C(=O)Nc1cccc(C)c1O)=C1CNC1. The van der Waals surface area contributed by atoms with E-state index in [1.54, 1.807) is 32.0 Å². The number of aromatic hydroxyl groups is 1. The molecule has 17 heavy (non-hydrogen) atoms. The third-order valence-electron chi connectivity index (χ3n) is 3.03. The van der Waals surface area contributed by atoms with Crippen molar-refractivity contribution >= 4 is 11.6 Å². The van der Waals surface area contributed by atoms with Crippen molar-refractivity contribution in [2.45, 2.75) is 13.8 Å². The van der Waals surface area contributed by atoms with E-state index in [9.17, 15) is 9.90 Å². The summed E-state index contributed by atoms with van der Waals surface area (Å²) in [5, 5.41) is 15.6. The molecule has 0 aromatic heterocycles. The molecule has 0 atom stereocenters. The first kappa shape index (κ1) is 11.7. The minimum atomic E-state index is -0.151. The number of anilines is 1. The van der Waals surface area contributed by atoms with Crippen LogP contribution in [-0.4, -0.2) is 24.1 Å². The smallest absolute Gasteiger partial charge is 0.251 e. The number of hydrogen-bond acceptors (Lipinski definition) is 3. The van der Waals surface area contributed by atoms with Crippen molar-refractivity contribution in [3.05, 3.63) is 34.9 Å². The predicted molar refractivity (Wildman–Crippen MR) is 67.0 cm³/mol. The van der Waals surface area contributed by atoms with Crippen LogP contribution in [0.15, 0.2) is 29.3 Å². The monoisotopic (exact) mass is 232 g/mol. The largest absolute Gasteiger partial charge is 0.505 e. The zero-order chi connectivity index (χ0) is 12.4. The van der Waals surface area contributed by atoms with Crippen LogP contribution in [0.2, 0.25) is 0 Å². The van der Waals surface area contributed by atoms with Crippen molar-refractivity contribution < 1.29 is 9.90 Å². The molecule has 0 spiro atoms. The second-order valence-corrected chi connectivity index (χ2v) is 4.26. The van der Waals surface area contributed by atoms with Crippen LogP contribution < -0.4 is 10.6 Å². The van der Waals surface area contributed by atoms with Gasteiger partial charge < -0.3 is 15.7 Å². The van der Waals surface area contributed by atoms with E-state index < -0.39 is 0 Å². The quantitative estimate of drug-likeness (QED) is 0.535. The van der Waals surface area contributed by atoms with Crippen LogP contribution in [0.25, 0.3) is 0 Å². The first-order chi connectivity index (χ1) is 8.09. The number of amides is 1. The fourth-order valence-corrected chi connectivity index (χ4v) is 1.65. The van der Waals surface area contributed by atoms with E-state index >= 15 is 0 Å². The molecular weight excluding hydrogens is 216 g/mol. The maximum Gasteiger partial charge on any atom is 0.251 e. The molecule has 4 nitrogen and oxygen atoms in total. The van der Waals surface area contributed by atoms with Crippen molar-refractivity contribution in [1.82, 2.24) is 5.32 Å². The van der Waals surface area contributed by atoms with E-state index in [0.29, 0.717) is 5.69 Å². The molecule has 90 valence electrons. The highest BCUT2D eigenvalue weighted by atomic mass is 16.3. The number of phenols is 1. The summed E-state index contributed by atoms with van der Waals surface area (Å²) in [6, 6.07) is 5.29. The second-order valence-electron chi connectivity index (χ2n) is 4.26. The molecule has 3 N–H and O–H groups in total. The van der Waals surface area contributed by atoms with E-state index in [2.05, 4.69) is 10.6 Å². The molecule has 1 saturated heterocycles. The van der Waals surface area contributed by atoms with Gasteiger partial charge in [-0.25, -0.2) is 0 Å². The Bertz CT molecular complexity index is 486. The first-order valence-electron chi connectivity index (χ1n) is 5.59. The molecule has 1 aliphatic heterocycles. The van der Waals surface area contributed by atoms with Gasteiger partial charge in [0.1, 0.15) is 5.75 Å². The molecule has 0 unspecified atom stereocenters. The van der Waals surface area contributed by atoms with Gasteiger partial charge in [0.15, 0.2) is 0 Å². The highest BCUT2D eigenvalue weighted by molar-refractivity contribution is 6.04. The summed E-state index contributed by atoms with van der Waals surface area (Å²) in [6.45, 7) is 5.16. The lowest BCUT2D eigenvalue weighted by molar-refractivity contribution is -0.112. The Hall–Kier alpha value is -1.81. The number of benzene rings is 1. The van der Waals surface area contributed by atoms with E-state index in [0.717, 1.165) is 29.8 Å². The van der Waals surface area contributed by atoms with Gasteiger partial charge in [0.2, 0.25) is 0 Å². The Labute approximate surface area is 100 Å². The minimum Gasteiger partial charge on any atom is -0.505 e. The third kappa shape index (κ3) is 2.31. The fourth-order valence-electron chi connectivity index (χ4n) is 1.65. The summed E-state index contributed by atoms with van der Waals surface area (Å²) in [4.78, 5) is 11.9. The van der Waals surface area contributed by atoms with E-state index in [1.165, 1.54) is 0 Å². The number of phenolic OH excluding ortho intramolecular Hbond substituents is 1. The Kier molecular flexibility index (Phi) is 3.15. The van der Waals surface area contributed by atoms with Crippen LogP contribution >= 0.6 is 0 Å². The maximum absolute atomic E-state index is 11.9. The highest BCUT2D eigenvalue weighted by Gasteiger charge is 2.17. The normalized spacial score (nSPS) is 14.1. The van der Waals surface area contributed by atoms with Gasteiger partial charge >= 0.3 is 0 Å². The number of para-hydroxylation sites is 1. The Morgan fingerprint density at radius 2 is 2.12 bits per heavy atom. The van der Waals surface area contributed by atoms with Crippen LogP contribution in [0, 0.1) is 6.92 Å². The summed E-state index contributed by atoms with van der Waals surface area (Å²) in [5.74, 6) is -0.0206. The predicted octanol–water partition coefficient (Wildman–Crippen LogP) is 1.56. The molecule has 0 bridgehead atoms. The number of rotatable bonds is 2. The third-order valence-corrected chi connectivity index (χ3v) is 3.03. The van der Waals surface area contributed by atoms with Gasteiger partial charge in [-0.3, -0.25) is 4.79 Å². The summed E-state index contributed by atoms with van der Waals surface area (Å²) in [5.41, 5.74) is 3.06. The van der Waals surface area contributed by atoms with Crippen LogP contribution in [-0.2, 0) is 4.79 Å². The zero-order valence-electron chi connectivity index (χ0n) is 10.0. The maximum atomic E-state index is 11.9. The van der Waals surface area contributed by atoms with Crippen LogP contribution in [0.4, 0.5) is 5.69 Å². The van der Waals surface area contributed by atoms with E-state index in [-0.39, 0.29) is 11.7 Å². The van der Waals surface area contributed by atoms with Gasteiger partial charge in [-0.05, 0) is 31.1 Å². The molecule has 1 heterocycles. The van der Waals surface area contributed by atoms with E-state index in [1.807, 2.05) is 0 Å². The molecule has 1 aromatic carbocycles. The molecular formula is C13H16N2O2. The van der Waals surface area contributed by atoms with Crippen molar-refractivity contribution in [3.8, 4) is 5.75 Å². The van der Waals surface area contributed by atoms with Crippen LogP contribution in [0.1, 0.15) is 12.5 Å². The molecule has 0 saturated carbocycles. The summed E-state index contributed by atoms with van der Waals surface area (Å²) >= 11 is 0. The van der Waals surface area contributed by atoms with Crippen molar-refractivity contribution in [1.29, 1.82) is 0 Å². The van der Waals surface area contributed by atoms with Gasteiger partial charge in [0.25, 0.3) is 5.91 Å². The number of nitrogens with one attached hydrogen (secondary N) is 2. The second kappa shape index (κ2) is 4.59. The molecule has 0 aliphatic carbocycles. The summed E-state index contributed by atoms with van der Waals surface area (Å²) < 4.78 is 0. The molecule has 1 aromatic rings. The average molecular weight is 232 g/mol. The lowest BCUT2D eigenvalue weighted by atomic mass is 10.0. The Balaban J connectivity index is 2.16. The summed E-state index contributed by atoms with van der Waals surface area (Å²) in [7, 11) is 0. The Morgan fingerprint density at radius 1 is 1.41 bits per heavy atom. The molecule has 0 radical (unpaired) electrons. The van der Waals surface area contributed by atoms with E-state index in [4.69, 9.17) is 0 Å². The Morgan fingerprint density at radius 3 is 2.71 bits per heavy atom. The van der Waals surface area contributed by atoms with Crippen molar-refractivity contribution in [3.63, 3.8) is 0 Å². The fraction of sp³-hybridized carbons (Fsp3) is 0.308. The lowest BCUT2D eigenvalue weighted by Crippen LogP contribution is -2.36. The minimum absolute atomic E-state index is 0.130. The highest BCUT2D eigenvalue weighted by Crippen LogP contribution is 2.27. The zero-order valence-corrected chi connectivity index (χ0v) is 10.0. The first-order valence-corrected chi connectivity index (χ1v) is 5.59. The summed E-state index contributed by atoms with van der Waals surface area (Å²) in [6.07, 6.45) is 0. The van der Waals surface area contributed by atoms with Gasteiger partial charge in [-0.2, -0.15) is 0 Å². The molecule has 1 amide bonds. The number of hydrogen-bond donors (Lipinski definition) is 3. The van der Waals surface area contributed by atoms with Crippen LogP contribution in [0.3, 0.4) is 0 Å². The molecule has 2 rings (SSSR count). The topological polar surface area (TPSA) is 61.4 Å². The molecule has 1 aliphatic rings. The van der Waals surface area contributed by atoms with Crippen molar-refractivity contribution in [2.75, 3.05) is 18.4 Å².